The van der Waals surface area contributed by atoms with Gasteiger partial charge in [0.25, 0.3) is 5.56 Å². The van der Waals surface area contributed by atoms with Crippen LogP contribution in [0.25, 0.3) is 11.1 Å². The van der Waals surface area contributed by atoms with E-state index >= 15 is 0 Å². The molecule has 0 aliphatic rings. The maximum absolute atomic E-state index is 11.4. The quantitative estimate of drug-likeness (QED) is 0.726. The molecule has 0 saturated carbocycles. The van der Waals surface area contributed by atoms with Gasteiger partial charge < -0.3 is 10.2 Å². The van der Waals surface area contributed by atoms with Crippen molar-refractivity contribution in [1.82, 2.24) is 9.71 Å². The number of H-pyrrole nitrogens is 1. The molecule has 0 saturated heterocycles. The van der Waals surface area contributed by atoms with Gasteiger partial charge in [0.2, 0.25) is 0 Å². The summed E-state index contributed by atoms with van der Waals surface area (Å²) in [6, 6.07) is 19.1. The monoisotopic (exact) mass is 294 g/mol. The second kappa shape index (κ2) is 5.73. The highest BCUT2D eigenvalue weighted by molar-refractivity contribution is 5.63. The van der Waals surface area contributed by atoms with E-state index < -0.39 is 11.2 Å². The topological polar surface area (TPSA) is 75.1 Å². The summed E-state index contributed by atoms with van der Waals surface area (Å²) in [4.78, 5) is 25.2. The summed E-state index contributed by atoms with van der Waals surface area (Å²) in [5.41, 5.74) is 2.09. The third-order valence-electron chi connectivity index (χ3n) is 3.42. The van der Waals surface area contributed by atoms with Crippen molar-refractivity contribution in [3.05, 3.63) is 92.8 Å². The van der Waals surface area contributed by atoms with E-state index in [1.54, 1.807) is 0 Å². The summed E-state index contributed by atoms with van der Waals surface area (Å²) in [5, 5.41) is 9.12. The molecule has 0 bridgehead atoms. The number of hydrogen-bond acceptors (Lipinski definition) is 3. The van der Waals surface area contributed by atoms with Crippen LogP contribution in [0, 0.1) is 0 Å². The summed E-state index contributed by atoms with van der Waals surface area (Å²) >= 11 is 0. The van der Waals surface area contributed by atoms with Crippen molar-refractivity contribution in [3.63, 3.8) is 0 Å². The fraction of sp³-hybridized carbons (Fsp3) is 0.0588. The molecule has 1 aromatic heterocycles. The van der Waals surface area contributed by atoms with Gasteiger partial charge in [0, 0.05) is 18.2 Å². The first kappa shape index (κ1) is 13.9. The van der Waals surface area contributed by atoms with Crippen molar-refractivity contribution >= 4 is 0 Å². The predicted octanol–water partition coefficient (Wildman–Crippen LogP) is 2.03. The van der Waals surface area contributed by atoms with E-state index in [-0.39, 0.29) is 4.73 Å². The Kier molecular flexibility index (Phi) is 3.62. The molecule has 0 fully saturated rings. The Morgan fingerprint density at radius 1 is 0.909 bits per heavy atom. The zero-order valence-electron chi connectivity index (χ0n) is 11.7. The van der Waals surface area contributed by atoms with Crippen LogP contribution in [-0.4, -0.2) is 14.9 Å². The molecule has 110 valence electrons. The van der Waals surface area contributed by atoms with Gasteiger partial charge in [-0.2, -0.15) is 0 Å². The van der Waals surface area contributed by atoms with Crippen LogP contribution in [0.3, 0.4) is 0 Å². The first-order valence-electron chi connectivity index (χ1n) is 6.82. The van der Waals surface area contributed by atoms with Crippen LogP contribution in [0.15, 0.2) is 70.3 Å². The largest absolute Gasteiger partial charge is 0.421 e. The Morgan fingerprint density at radius 2 is 1.55 bits per heavy atom. The highest BCUT2D eigenvalue weighted by atomic mass is 16.5. The van der Waals surface area contributed by atoms with E-state index in [0.29, 0.717) is 12.1 Å². The first-order valence-corrected chi connectivity index (χ1v) is 6.82. The molecule has 3 aromatic rings. The van der Waals surface area contributed by atoms with E-state index in [0.717, 1.165) is 16.7 Å². The molecule has 0 aliphatic carbocycles. The lowest BCUT2D eigenvalue weighted by atomic mass is 10.0. The molecule has 2 N–H and O–H groups in total. The Bertz CT molecular complexity index is 862. The van der Waals surface area contributed by atoms with Gasteiger partial charge in [0.15, 0.2) is 0 Å². The third-order valence-corrected chi connectivity index (χ3v) is 3.42. The van der Waals surface area contributed by atoms with E-state index in [9.17, 15) is 9.59 Å². The zero-order valence-corrected chi connectivity index (χ0v) is 11.7. The predicted molar refractivity (Wildman–Crippen MR) is 83.2 cm³/mol. The summed E-state index contributed by atoms with van der Waals surface area (Å²) in [7, 11) is 0. The van der Waals surface area contributed by atoms with Crippen molar-refractivity contribution in [2.45, 2.75) is 6.42 Å². The molecule has 5 nitrogen and oxygen atoms in total. The standard InChI is InChI=1S/C17H14N2O3/c20-16-11-15(18-17(21)19(16)22)10-12-6-8-14(9-7-12)13-4-2-1-3-5-13/h1-9,11,22H,10H2,(H,18,21). The maximum atomic E-state index is 11.4. The van der Waals surface area contributed by atoms with Crippen LogP contribution >= 0.6 is 0 Å². The van der Waals surface area contributed by atoms with Crippen molar-refractivity contribution in [2.75, 3.05) is 0 Å². The number of aromatic nitrogens is 2. The van der Waals surface area contributed by atoms with Crippen molar-refractivity contribution in [3.8, 4) is 11.1 Å². The minimum Gasteiger partial charge on any atom is -0.421 e. The molecule has 22 heavy (non-hydrogen) atoms. The average molecular weight is 294 g/mol. The van der Waals surface area contributed by atoms with E-state index in [1.165, 1.54) is 6.07 Å². The average Bonchev–Trinajstić information content (AvgIpc) is 2.54. The second-order valence-electron chi connectivity index (χ2n) is 4.99. The number of aromatic amines is 1. The van der Waals surface area contributed by atoms with Crippen LogP contribution in [0.1, 0.15) is 11.3 Å². The van der Waals surface area contributed by atoms with Crippen molar-refractivity contribution in [1.29, 1.82) is 0 Å². The molecule has 5 heteroatoms. The van der Waals surface area contributed by atoms with E-state index in [1.807, 2.05) is 54.6 Å². The van der Waals surface area contributed by atoms with Gasteiger partial charge in [-0.1, -0.05) is 59.3 Å². The number of nitrogens with one attached hydrogen (secondary N) is 1. The van der Waals surface area contributed by atoms with E-state index in [2.05, 4.69) is 4.98 Å². The highest BCUT2D eigenvalue weighted by Gasteiger charge is 2.04. The first-order chi connectivity index (χ1) is 10.6. The van der Waals surface area contributed by atoms with E-state index in [4.69, 9.17) is 5.21 Å². The minimum absolute atomic E-state index is 0.0575. The molecule has 2 aromatic carbocycles. The Morgan fingerprint density at radius 3 is 2.18 bits per heavy atom. The fourth-order valence-electron chi connectivity index (χ4n) is 2.30. The molecular weight excluding hydrogens is 280 g/mol. The van der Waals surface area contributed by atoms with Gasteiger partial charge in [-0.3, -0.25) is 4.79 Å². The van der Waals surface area contributed by atoms with Gasteiger partial charge in [-0.05, 0) is 16.7 Å². The normalized spacial score (nSPS) is 10.5. The molecule has 0 aliphatic heterocycles. The molecule has 3 rings (SSSR count). The van der Waals surface area contributed by atoms with Crippen LogP contribution in [-0.2, 0) is 6.42 Å². The van der Waals surface area contributed by atoms with Gasteiger partial charge in [-0.15, -0.1) is 0 Å². The molecule has 0 amide bonds. The molecule has 0 atom stereocenters. The number of benzene rings is 2. The molecule has 0 radical (unpaired) electrons. The lowest BCUT2D eigenvalue weighted by Crippen LogP contribution is -2.33. The fourth-order valence-corrected chi connectivity index (χ4v) is 2.30. The minimum atomic E-state index is -0.830. The Labute approximate surface area is 126 Å². The SMILES string of the molecule is O=c1cc(Cc2ccc(-c3ccccc3)cc2)[nH]c(=O)n1O. The van der Waals surface area contributed by atoms with Gasteiger partial charge in [0.05, 0.1) is 0 Å². The number of hydrogen-bond donors (Lipinski definition) is 2. The summed E-state index contributed by atoms with van der Waals surface area (Å²) in [5.74, 6) is 0. The Hall–Kier alpha value is -3.08. The summed E-state index contributed by atoms with van der Waals surface area (Å²) in [6.45, 7) is 0. The van der Waals surface area contributed by atoms with Gasteiger partial charge >= 0.3 is 5.69 Å². The smallest absolute Gasteiger partial charge is 0.362 e. The second-order valence-corrected chi connectivity index (χ2v) is 4.99. The van der Waals surface area contributed by atoms with Crippen LogP contribution in [0.2, 0.25) is 0 Å². The molecule has 0 spiro atoms. The maximum Gasteiger partial charge on any atom is 0.362 e. The van der Waals surface area contributed by atoms with Crippen molar-refractivity contribution in [2.24, 2.45) is 0 Å². The van der Waals surface area contributed by atoms with Gasteiger partial charge in [0.1, 0.15) is 0 Å². The lowest BCUT2D eigenvalue weighted by Gasteiger charge is -2.05. The van der Waals surface area contributed by atoms with Crippen LogP contribution in [0.4, 0.5) is 0 Å². The molecule has 0 unspecified atom stereocenters. The van der Waals surface area contributed by atoms with Gasteiger partial charge in [-0.25, -0.2) is 4.79 Å². The number of nitrogens with zero attached hydrogens (tertiary/aromatic N) is 1. The van der Waals surface area contributed by atoms with Crippen LogP contribution in [0.5, 0.6) is 0 Å². The lowest BCUT2D eigenvalue weighted by molar-refractivity contribution is 0.160. The number of rotatable bonds is 3. The molecule has 1 heterocycles. The third kappa shape index (κ3) is 2.83. The summed E-state index contributed by atoms with van der Waals surface area (Å²) < 4.78 is 0.0575. The molecular formula is C17H14N2O3. The Balaban J connectivity index is 1.85. The zero-order chi connectivity index (χ0) is 15.5. The summed E-state index contributed by atoms with van der Waals surface area (Å²) in [6.07, 6.45) is 0.417. The van der Waals surface area contributed by atoms with Crippen molar-refractivity contribution < 1.29 is 5.21 Å². The highest BCUT2D eigenvalue weighted by Crippen LogP contribution is 2.19. The van der Waals surface area contributed by atoms with Crippen LogP contribution < -0.4 is 11.2 Å².